The van der Waals surface area contributed by atoms with Crippen LogP contribution in [0.1, 0.15) is 59.3 Å². The third-order valence-electron chi connectivity index (χ3n) is 7.26. The number of hydrogen-bond acceptors (Lipinski definition) is 3. The zero-order valence-corrected chi connectivity index (χ0v) is 15.3. The van der Waals surface area contributed by atoms with Crippen LogP contribution in [0.25, 0.3) is 0 Å². The van der Waals surface area contributed by atoms with Gasteiger partial charge in [0.15, 0.2) is 0 Å². The Balaban J connectivity index is 1.51. The third-order valence-corrected chi connectivity index (χ3v) is 7.26. The normalized spacial score (nSPS) is 42.7. The molecular formula is C18H33N3O2. The fourth-order valence-corrected chi connectivity index (χ4v) is 4.84. The molecule has 2 aliphatic heterocycles. The lowest BCUT2D eigenvalue weighted by Crippen LogP contribution is -2.69. The van der Waals surface area contributed by atoms with Crippen LogP contribution >= 0.6 is 0 Å². The first-order valence-electron chi connectivity index (χ1n) is 9.11. The number of methoxy groups -OCH3 is 1. The molecule has 132 valence electrons. The highest BCUT2D eigenvalue weighted by Crippen LogP contribution is 2.51. The van der Waals surface area contributed by atoms with Gasteiger partial charge in [-0.1, -0.05) is 20.3 Å². The molecule has 5 atom stereocenters. The monoisotopic (exact) mass is 323 g/mol. The lowest BCUT2D eigenvalue weighted by Gasteiger charge is -2.59. The van der Waals surface area contributed by atoms with Gasteiger partial charge < -0.3 is 20.3 Å². The Morgan fingerprint density at radius 3 is 2.26 bits per heavy atom. The summed E-state index contributed by atoms with van der Waals surface area (Å²) in [5.41, 5.74) is -0.183. The molecule has 0 aromatic heterocycles. The maximum Gasteiger partial charge on any atom is 0.315 e. The standard InChI is InChI=1S/C18H33N3O2/c1-17(2)15(11-18(17,3)23-5)20-16(22)19-12-9-13-7-6-8-14(10-12)21(13)4/h12-15H,6-11H2,1-5H3,(H2,19,20,22)/t12?,13-,14+,15-,18+/m0/s1. The van der Waals surface area contributed by atoms with Crippen LogP contribution in [0.15, 0.2) is 0 Å². The second-order valence-corrected chi connectivity index (χ2v) is 8.60. The van der Waals surface area contributed by atoms with Gasteiger partial charge in [0.2, 0.25) is 0 Å². The van der Waals surface area contributed by atoms with Crippen molar-refractivity contribution in [3.05, 3.63) is 0 Å². The number of urea groups is 1. The molecule has 2 heterocycles. The maximum atomic E-state index is 12.4. The Labute approximate surface area is 140 Å². The summed E-state index contributed by atoms with van der Waals surface area (Å²) in [6.07, 6.45) is 6.94. The van der Waals surface area contributed by atoms with Gasteiger partial charge in [0.05, 0.1) is 5.60 Å². The van der Waals surface area contributed by atoms with Gasteiger partial charge in [0.1, 0.15) is 0 Å². The van der Waals surface area contributed by atoms with Gasteiger partial charge in [-0.15, -0.1) is 0 Å². The Bertz CT molecular complexity index is 453. The number of amides is 2. The predicted octanol–water partition coefficient (Wildman–Crippen LogP) is 2.50. The molecule has 5 heteroatoms. The summed E-state index contributed by atoms with van der Waals surface area (Å²) >= 11 is 0. The van der Waals surface area contributed by atoms with Crippen molar-refractivity contribution in [2.75, 3.05) is 14.2 Å². The molecule has 2 amide bonds. The fourth-order valence-electron chi connectivity index (χ4n) is 4.84. The van der Waals surface area contributed by atoms with Crippen LogP contribution in [0, 0.1) is 5.41 Å². The summed E-state index contributed by atoms with van der Waals surface area (Å²) in [6.45, 7) is 6.47. The molecule has 0 radical (unpaired) electrons. The number of carbonyl (C=O) groups is 1. The van der Waals surface area contributed by atoms with Gasteiger partial charge in [-0.3, -0.25) is 0 Å². The van der Waals surface area contributed by atoms with E-state index in [0.29, 0.717) is 18.1 Å². The van der Waals surface area contributed by atoms with Crippen molar-refractivity contribution >= 4 is 6.03 Å². The molecule has 0 aromatic carbocycles. The van der Waals surface area contributed by atoms with Gasteiger partial charge in [-0.25, -0.2) is 4.79 Å². The molecule has 1 aliphatic carbocycles. The van der Waals surface area contributed by atoms with E-state index in [2.05, 4.69) is 43.4 Å². The van der Waals surface area contributed by atoms with Crippen LogP contribution < -0.4 is 10.6 Å². The number of carbonyl (C=O) groups excluding carboxylic acids is 1. The van der Waals surface area contributed by atoms with E-state index in [0.717, 1.165) is 19.3 Å². The quantitative estimate of drug-likeness (QED) is 0.839. The first kappa shape index (κ1) is 17.0. The first-order chi connectivity index (χ1) is 10.8. The molecule has 0 spiro atoms. The molecular weight excluding hydrogens is 290 g/mol. The van der Waals surface area contributed by atoms with E-state index in [9.17, 15) is 4.79 Å². The molecule has 5 nitrogen and oxygen atoms in total. The molecule has 2 saturated heterocycles. The summed E-state index contributed by atoms with van der Waals surface area (Å²) in [6, 6.07) is 1.78. The lowest BCUT2D eigenvalue weighted by molar-refractivity contribution is -0.177. The molecule has 3 rings (SSSR count). The van der Waals surface area contributed by atoms with Gasteiger partial charge in [-0.2, -0.15) is 0 Å². The molecule has 0 aromatic rings. The Hall–Kier alpha value is -0.810. The van der Waals surface area contributed by atoms with Crippen molar-refractivity contribution < 1.29 is 9.53 Å². The van der Waals surface area contributed by atoms with E-state index in [-0.39, 0.29) is 23.1 Å². The minimum absolute atomic E-state index is 0.00569. The van der Waals surface area contributed by atoms with Gasteiger partial charge in [-0.05, 0) is 46.1 Å². The second kappa shape index (κ2) is 5.92. The third kappa shape index (κ3) is 2.86. The Morgan fingerprint density at radius 1 is 1.13 bits per heavy atom. The van der Waals surface area contributed by atoms with Crippen LogP contribution in [0.4, 0.5) is 4.79 Å². The van der Waals surface area contributed by atoms with E-state index >= 15 is 0 Å². The molecule has 1 unspecified atom stereocenters. The van der Waals surface area contributed by atoms with Crippen molar-refractivity contribution in [1.29, 1.82) is 0 Å². The summed E-state index contributed by atoms with van der Waals surface area (Å²) in [4.78, 5) is 15.0. The number of hydrogen-bond donors (Lipinski definition) is 2. The van der Waals surface area contributed by atoms with E-state index in [1.807, 2.05) is 0 Å². The second-order valence-electron chi connectivity index (χ2n) is 8.60. The van der Waals surface area contributed by atoms with Gasteiger partial charge in [0, 0.05) is 36.7 Å². The number of nitrogens with zero attached hydrogens (tertiary/aromatic N) is 1. The highest BCUT2D eigenvalue weighted by Gasteiger charge is 2.58. The molecule has 3 fully saturated rings. The fraction of sp³-hybridized carbons (Fsp3) is 0.944. The lowest BCUT2D eigenvalue weighted by atomic mass is 9.56. The van der Waals surface area contributed by atoms with E-state index < -0.39 is 0 Å². The Kier molecular flexibility index (Phi) is 4.38. The van der Waals surface area contributed by atoms with E-state index in [4.69, 9.17) is 4.74 Å². The van der Waals surface area contributed by atoms with Gasteiger partial charge >= 0.3 is 6.03 Å². The van der Waals surface area contributed by atoms with E-state index in [1.54, 1.807) is 7.11 Å². The van der Waals surface area contributed by atoms with Gasteiger partial charge in [0.25, 0.3) is 0 Å². The van der Waals surface area contributed by atoms with Crippen LogP contribution in [0.5, 0.6) is 0 Å². The molecule has 2 bridgehead atoms. The highest BCUT2D eigenvalue weighted by atomic mass is 16.5. The maximum absolute atomic E-state index is 12.4. The summed E-state index contributed by atoms with van der Waals surface area (Å²) in [5.74, 6) is 0. The minimum atomic E-state index is -0.143. The molecule has 1 saturated carbocycles. The average molecular weight is 323 g/mol. The van der Waals surface area contributed by atoms with Crippen LogP contribution in [0.3, 0.4) is 0 Å². The SMILES string of the molecule is CO[C@]1(C)C[C@H](NC(=O)NC2C[C@H]3CCC[C@@H](C2)N3C)C1(C)C. The van der Waals surface area contributed by atoms with Crippen molar-refractivity contribution in [1.82, 2.24) is 15.5 Å². The van der Waals surface area contributed by atoms with Crippen molar-refractivity contribution in [2.24, 2.45) is 5.41 Å². The summed E-state index contributed by atoms with van der Waals surface area (Å²) in [7, 11) is 4.00. The first-order valence-corrected chi connectivity index (χ1v) is 9.11. The molecule has 3 aliphatic rings. The average Bonchev–Trinajstić information content (AvgIpc) is 2.47. The number of ether oxygens (including phenoxy) is 1. The van der Waals surface area contributed by atoms with Crippen molar-refractivity contribution in [3.63, 3.8) is 0 Å². The molecule has 23 heavy (non-hydrogen) atoms. The summed E-state index contributed by atoms with van der Waals surface area (Å²) < 4.78 is 5.64. The van der Waals surface area contributed by atoms with Crippen molar-refractivity contribution in [2.45, 2.75) is 89.1 Å². The smallest absolute Gasteiger partial charge is 0.315 e. The number of fused-ring (bicyclic) bond motifs is 2. The number of rotatable bonds is 3. The molecule has 2 N–H and O–H groups in total. The number of nitrogens with one attached hydrogen (secondary N) is 2. The van der Waals surface area contributed by atoms with Crippen LogP contribution in [-0.4, -0.2) is 54.9 Å². The Morgan fingerprint density at radius 2 is 1.74 bits per heavy atom. The largest absolute Gasteiger partial charge is 0.378 e. The topological polar surface area (TPSA) is 53.6 Å². The zero-order valence-electron chi connectivity index (χ0n) is 15.3. The van der Waals surface area contributed by atoms with Crippen molar-refractivity contribution in [3.8, 4) is 0 Å². The highest BCUT2D eigenvalue weighted by molar-refractivity contribution is 5.75. The summed E-state index contributed by atoms with van der Waals surface area (Å²) in [5, 5.41) is 6.41. The number of piperidine rings is 2. The van der Waals surface area contributed by atoms with Crippen LogP contribution in [-0.2, 0) is 4.74 Å². The minimum Gasteiger partial charge on any atom is -0.378 e. The van der Waals surface area contributed by atoms with E-state index in [1.165, 1.54) is 19.3 Å². The van der Waals surface area contributed by atoms with Crippen LogP contribution in [0.2, 0.25) is 0 Å². The zero-order chi connectivity index (χ0) is 16.8. The predicted molar refractivity (Wildman–Crippen MR) is 91.5 cm³/mol.